The molecule has 0 radical (unpaired) electrons. The summed E-state index contributed by atoms with van der Waals surface area (Å²) in [6.07, 6.45) is 3.38. The van der Waals surface area contributed by atoms with E-state index < -0.39 is 6.10 Å². The van der Waals surface area contributed by atoms with Gasteiger partial charge in [-0.25, -0.2) is 0 Å². The SMILES string of the molecule is CC1OCCC1(C)NCC(O)COCC1CC1. The van der Waals surface area contributed by atoms with Crippen LogP contribution in [0.1, 0.15) is 33.1 Å². The van der Waals surface area contributed by atoms with Crippen molar-refractivity contribution in [3.8, 4) is 0 Å². The molecular formula is C13H25NO3. The molecule has 1 heterocycles. The Morgan fingerprint density at radius 1 is 1.53 bits per heavy atom. The van der Waals surface area contributed by atoms with Crippen molar-refractivity contribution in [2.24, 2.45) is 5.92 Å². The Hall–Kier alpha value is -0.160. The first-order valence-electron chi connectivity index (χ1n) is 6.72. The summed E-state index contributed by atoms with van der Waals surface area (Å²) in [5, 5.41) is 13.2. The lowest BCUT2D eigenvalue weighted by molar-refractivity contribution is 0.0241. The second-order valence-corrected chi connectivity index (χ2v) is 5.70. The maximum atomic E-state index is 9.82. The van der Waals surface area contributed by atoms with E-state index in [0.29, 0.717) is 13.2 Å². The van der Waals surface area contributed by atoms with Crippen LogP contribution in [0.2, 0.25) is 0 Å². The smallest absolute Gasteiger partial charge is 0.0897 e. The number of hydrogen-bond donors (Lipinski definition) is 2. The van der Waals surface area contributed by atoms with Crippen LogP contribution >= 0.6 is 0 Å². The van der Waals surface area contributed by atoms with E-state index in [1.54, 1.807) is 0 Å². The highest BCUT2D eigenvalue weighted by atomic mass is 16.5. The van der Waals surface area contributed by atoms with E-state index in [-0.39, 0.29) is 11.6 Å². The monoisotopic (exact) mass is 243 g/mol. The average molecular weight is 243 g/mol. The Bertz CT molecular complexity index is 245. The molecule has 0 spiro atoms. The van der Waals surface area contributed by atoms with Crippen LogP contribution in [0.15, 0.2) is 0 Å². The summed E-state index contributed by atoms with van der Waals surface area (Å²) in [5.74, 6) is 0.760. The van der Waals surface area contributed by atoms with E-state index >= 15 is 0 Å². The molecule has 0 bridgehead atoms. The van der Waals surface area contributed by atoms with Crippen LogP contribution in [0.4, 0.5) is 0 Å². The predicted octanol–water partition coefficient (Wildman–Crippen LogP) is 0.931. The fraction of sp³-hybridized carbons (Fsp3) is 1.00. The number of rotatable bonds is 7. The molecule has 0 aromatic rings. The largest absolute Gasteiger partial charge is 0.389 e. The second kappa shape index (κ2) is 5.65. The lowest BCUT2D eigenvalue weighted by atomic mass is 9.94. The second-order valence-electron chi connectivity index (χ2n) is 5.70. The number of aliphatic hydroxyl groups excluding tert-OH is 1. The minimum absolute atomic E-state index is 0.00251. The first-order valence-corrected chi connectivity index (χ1v) is 6.72. The van der Waals surface area contributed by atoms with Crippen LogP contribution in [0.3, 0.4) is 0 Å². The molecule has 3 atom stereocenters. The van der Waals surface area contributed by atoms with Crippen molar-refractivity contribution < 1.29 is 14.6 Å². The summed E-state index contributed by atoms with van der Waals surface area (Å²) in [4.78, 5) is 0. The molecule has 3 unspecified atom stereocenters. The number of ether oxygens (including phenoxy) is 2. The van der Waals surface area contributed by atoms with Gasteiger partial charge in [0.1, 0.15) is 0 Å². The molecule has 2 fully saturated rings. The van der Waals surface area contributed by atoms with E-state index in [1.165, 1.54) is 12.8 Å². The minimum Gasteiger partial charge on any atom is -0.389 e. The van der Waals surface area contributed by atoms with Gasteiger partial charge in [-0.2, -0.15) is 0 Å². The molecule has 4 nitrogen and oxygen atoms in total. The fourth-order valence-electron chi connectivity index (χ4n) is 2.13. The van der Waals surface area contributed by atoms with Crippen molar-refractivity contribution in [1.29, 1.82) is 0 Å². The molecule has 4 heteroatoms. The average Bonchev–Trinajstić information content (AvgIpc) is 3.05. The van der Waals surface area contributed by atoms with Gasteiger partial charge in [-0.05, 0) is 39.0 Å². The van der Waals surface area contributed by atoms with Crippen molar-refractivity contribution in [3.63, 3.8) is 0 Å². The van der Waals surface area contributed by atoms with Gasteiger partial charge in [0, 0.05) is 25.3 Å². The van der Waals surface area contributed by atoms with E-state index in [9.17, 15) is 5.11 Å². The van der Waals surface area contributed by atoms with Crippen molar-refractivity contribution in [2.45, 2.75) is 50.9 Å². The van der Waals surface area contributed by atoms with Crippen LogP contribution in [0, 0.1) is 5.92 Å². The lowest BCUT2D eigenvalue weighted by Crippen LogP contribution is -2.50. The van der Waals surface area contributed by atoms with Crippen LogP contribution in [0.25, 0.3) is 0 Å². The molecule has 0 aromatic heterocycles. The summed E-state index contributed by atoms with van der Waals surface area (Å²) < 4.78 is 11.0. The topological polar surface area (TPSA) is 50.7 Å². The number of β-amino-alcohol motifs (C(OH)–C–C–N with tert-alkyl or cyclic N) is 1. The number of aliphatic hydroxyl groups is 1. The molecule has 2 N–H and O–H groups in total. The van der Waals surface area contributed by atoms with E-state index in [2.05, 4.69) is 19.2 Å². The molecule has 2 rings (SSSR count). The third-order valence-electron chi connectivity index (χ3n) is 3.99. The van der Waals surface area contributed by atoms with Gasteiger partial charge in [-0.3, -0.25) is 0 Å². The van der Waals surface area contributed by atoms with E-state index in [0.717, 1.165) is 25.6 Å². The van der Waals surface area contributed by atoms with E-state index in [1.807, 2.05) is 0 Å². The summed E-state index contributed by atoms with van der Waals surface area (Å²) in [6, 6.07) is 0. The quantitative estimate of drug-likeness (QED) is 0.698. The molecule has 100 valence electrons. The Morgan fingerprint density at radius 2 is 2.29 bits per heavy atom. The van der Waals surface area contributed by atoms with Crippen LogP contribution in [-0.4, -0.2) is 49.2 Å². The van der Waals surface area contributed by atoms with Crippen LogP contribution < -0.4 is 5.32 Å². The molecule has 0 aromatic carbocycles. The van der Waals surface area contributed by atoms with Gasteiger partial charge in [0.25, 0.3) is 0 Å². The maximum absolute atomic E-state index is 9.82. The van der Waals surface area contributed by atoms with Crippen molar-refractivity contribution in [2.75, 3.05) is 26.4 Å². The number of hydrogen-bond acceptors (Lipinski definition) is 4. The van der Waals surface area contributed by atoms with Gasteiger partial charge in [0.15, 0.2) is 0 Å². The van der Waals surface area contributed by atoms with Gasteiger partial charge >= 0.3 is 0 Å². The van der Waals surface area contributed by atoms with Gasteiger partial charge in [-0.1, -0.05) is 0 Å². The first-order chi connectivity index (χ1) is 8.10. The Labute approximate surface area is 104 Å². The summed E-state index contributed by atoms with van der Waals surface area (Å²) >= 11 is 0. The third-order valence-corrected chi connectivity index (χ3v) is 3.99. The lowest BCUT2D eigenvalue weighted by Gasteiger charge is -2.30. The Balaban J connectivity index is 1.59. The molecule has 1 saturated heterocycles. The standard InChI is InChI=1S/C13H25NO3/c1-10-13(2,5-6-17-10)14-7-12(15)9-16-8-11-3-4-11/h10-12,14-15H,3-9H2,1-2H3. The summed E-state index contributed by atoms with van der Waals surface area (Å²) in [6.45, 7) is 6.87. The molecule has 0 amide bonds. The van der Waals surface area contributed by atoms with Crippen molar-refractivity contribution in [1.82, 2.24) is 5.32 Å². The Kier molecular flexibility index (Phi) is 4.42. The predicted molar refractivity (Wildman–Crippen MR) is 66.0 cm³/mol. The molecule has 1 saturated carbocycles. The fourth-order valence-corrected chi connectivity index (χ4v) is 2.13. The summed E-state index contributed by atoms with van der Waals surface area (Å²) in [7, 11) is 0. The van der Waals surface area contributed by atoms with Crippen molar-refractivity contribution in [3.05, 3.63) is 0 Å². The van der Waals surface area contributed by atoms with Gasteiger partial charge in [-0.15, -0.1) is 0 Å². The zero-order valence-electron chi connectivity index (χ0n) is 10.9. The zero-order chi connectivity index (χ0) is 12.3. The number of nitrogens with one attached hydrogen (secondary N) is 1. The van der Waals surface area contributed by atoms with Crippen LogP contribution in [0.5, 0.6) is 0 Å². The van der Waals surface area contributed by atoms with E-state index in [4.69, 9.17) is 9.47 Å². The first kappa shape index (κ1) is 13.3. The zero-order valence-corrected chi connectivity index (χ0v) is 10.9. The molecule has 1 aliphatic carbocycles. The van der Waals surface area contributed by atoms with Crippen molar-refractivity contribution >= 4 is 0 Å². The van der Waals surface area contributed by atoms with Gasteiger partial charge < -0.3 is 19.9 Å². The highest BCUT2D eigenvalue weighted by molar-refractivity contribution is 4.93. The third kappa shape index (κ3) is 3.91. The van der Waals surface area contributed by atoms with Crippen LogP contribution in [-0.2, 0) is 9.47 Å². The molecule has 17 heavy (non-hydrogen) atoms. The molecular weight excluding hydrogens is 218 g/mol. The normalized spacial score (nSPS) is 35.1. The summed E-state index contributed by atoms with van der Waals surface area (Å²) in [5.41, 5.74) is -0.00251. The molecule has 1 aliphatic heterocycles. The highest BCUT2D eigenvalue weighted by Crippen LogP contribution is 2.28. The highest BCUT2D eigenvalue weighted by Gasteiger charge is 2.36. The minimum atomic E-state index is -0.418. The van der Waals surface area contributed by atoms with Gasteiger partial charge in [0.05, 0.1) is 18.8 Å². The van der Waals surface area contributed by atoms with Gasteiger partial charge in [0.2, 0.25) is 0 Å². The maximum Gasteiger partial charge on any atom is 0.0897 e. The Morgan fingerprint density at radius 3 is 2.88 bits per heavy atom. The molecule has 2 aliphatic rings.